The molecule has 6 heteroatoms. The largest absolute Gasteiger partial charge is 0.495 e. The van der Waals surface area contributed by atoms with Crippen LogP contribution in [0.2, 0.25) is 0 Å². The number of methoxy groups -OCH3 is 1. The number of hydrogen-bond donors (Lipinski definition) is 1. The Labute approximate surface area is 147 Å². The molecule has 0 heterocycles. The minimum atomic E-state index is -3.75. The minimum Gasteiger partial charge on any atom is -0.495 e. The maximum Gasteiger partial charge on any atom is 0.246 e. The molecule has 1 saturated carbocycles. The van der Waals surface area contributed by atoms with E-state index in [1.165, 1.54) is 7.11 Å². The van der Waals surface area contributed by atoms with Crippen LogP contribution in [0.15, 0.2) is 47.4 Å². The highest BCUT2D eigenvalue weighted by molar-refractivity contribution is 7.94. The highest BCUT2D eigenvalue weighted by Crippen LogP contribution is 2.48. The standard InChI is InChI=1S/C19H21NO4S/c1-13-4-7-15(8-5-13)25(22,23)19(10-11-19)18(21)20-16-12-14(2)6-9-17(16)24-3/h4-9,12H,10-11H2,1-3H3,(H,20,21). The van der Waals surface area contributed by atoms with Crippen LogP contribution >= 0.6 is 0 Å². The molecule has 1 fully saturated rings. The fourth-order valence-electron chi connectivity index (χ4n) is 2.83. The summed E-state index contributed by atoms with van der Waals surface area (Å²) in [6.45, 7) is 3.78. The number of benzene rings is 2. The van der Waals surface area contributed by atoms with Gasteiger partial charge in [-0.15, -0.1) is 0 Å². The Morgan fingerprint density at radius 3 is 2.20 bits per heavy atom. The zero-order chi connectivity index (χ0) is 18.2. The molecule has 0 unspecified atom stereocenters. The van der Waals surface area contributed by atoms with E-state index < -0.39 is 20.5 Å². The summed E-state index contributed by atoms with van der Waals surface area (Å²) in [5.74, 6) is -0.000501. The lowest BCUT2D eigenvalue weighted by Gasteiger charge is -2.18. The minimum absolute atomic E-state index is 0.182. The third kappa shape index (κ3) is 3.02. The smallest absolute Gasteiger partial charge is 0.246 e. The van der Waals surface area contributed by atoms with Crippen LogP contribution in [0.5, 0.6) is 5.75 Å². The maximum atomic E-state index is 13.0. The normalized spacial score (nSPS) is 15.5. The third-order valence-corrected chi connectivity index (χ3v) is 7.08. The number of nitrogens with one attached hydrogen (secondary N) is 1. The van der Waals surface area contributed by atoms with E-state index in [4.69, 9.17) is 4.74 Å². The fraction of sp³-hybridized carbons (Fsp3) is 0.316. The predicted octanol–water partition coefficient (Wildman–Crippen LogP) is 3.26. The van der Waals surface area contributed by atoms with E-state index in [0.717, 1.165) is 11.1 Å². The maximum absolute atomic E-state index is 13.0. The quantitative estimate of drug-likeness (QED) is 0.889. The van der Waals surface area contributed by atoms with E-state index >= 15 is 0 Å². The number of ether oxygens (including phenoxy) is 1. The van der Waals surface area contributed by atoms with Gasteiger partial charge in [0.2, 0.25) is 5.91 Å². The molecule has 0 saturated heterocycles. The second kappa shape index (κ2) is 6.19. The van der Waals surface area contributed by atoms with Crippen LogP contribution in [0.4, 0.5) is 5.69 Å². The molecular formula is C19H21NO4S. The molecule has 0 aliphatic heterocycles. The third-order valence-electron chi connectivity index (χ3n) is 4.57. The Bertz CT molecular complexity index is 913. The monoisotopic (exact) mass is 359 g/mol. The fourth-order valence-corrected chi connectivity index (χ4v) is 4.71. The number of hydrogen-bond acceptors (Lipinski definition) is 4. The molecule has 132 valence electrons. The van der Waals surface area contributed by atoms with Gasteiger partial charge in [-0.25, -0.2) is 8.42 Å². The van der Waals surface area contributed by atoms with E-state index in [2.05, 4.69) is 5.32 Å². The van der Waals surface area contributed by atoms with Crippen LogP contribution in [-0.4, -0.2) is 26.2 Å². The van der Waals surface area contributed by atoms with Crippen molar-refractivity contribution in [2.45, 2.75) is 36.3 Å². The highest BCUT2D eigenvalue weighted by Gasteiger charge is 2.61. The molecule has 1 N–H and O–H groups in total. The van der Waals surface area contributed by atoms with E-state index in [9.17, 15) is 13.2 Å². The number of carbonyl (C=O) groups is 1. The first-order valence-electron chi connectivity index (χ1n) is 8.07. The Morgan fingerprint density at radius 1 is 1.04 bits per heavy atom. The number of sulfone groups is 1. The zero-order valence-electron chi connectivity index (χ0n) is 14.5. The molecule has 0 spiro atoms. The number of anilines is 1. The lowest BCUT2D eigenvalue weighted by atomic mass is 10.2. The first-order chi connectivity index (χ1) is 11.8. The van der Waals surface area contributed by atoms with Crippen molar-refractivity contribution in [2.24, 2.45) is 0 Å². The van der Waals surface area contributed by atoms with Crippen molar-refractivity contribution < 1.29 is 17.9 Å². The molecule has 2 aromatic rings. The van der Waals surface area contributed by atoms with Gasteiger partial charge in [-0.3, -0.25) is 4.79 Å². The molecule has 0 aromatic heterocycles. The van der Waals surface area contributed by atoms with Gasteiger partial charge in [-0.1, -0.05) is 23.8 Å². The molecular weight excluding hydrogens is 338 g/mol. The molecule has 2 aromatic carbocycles. The van der Waals surface area contributed by atoms with Crippen LogP contribution in [0.3, 0.4) is 0 Å². The predicted molar refractivity (Wildman–Crippen MR) is 96.7 cm³/mol. The first kappa shape index (κ1) is 17.5. The number of aryl methyl sites for hydroxylation is 2. The topological polar surface area (TPSA) is 72.5 Å². The second-order valence-corrected chi connectivity index (χ2v) is 8.73. The van der Waals surface area contributed by atoms with Crippen molar-refractivity contribution in [3.63, 3.8) is 0 Å². The molecule has 0 atom stereocenters. The van der Waals surface area contributed by atoms with Crippen LogP contribution < -0.4 is 10.1 Å². The Balaban J connectivity index is 1.92. The van der Waals surface area contributed by atoms with Crippen molar-refractivity contribution in [1.82, 2.24) is 0 Å². The lowest BCUT2D eigenvalue weighted by molar-refractivity contribution is -0.116. The van der Waals surface area contributed by atoms with E-state index in [-0.39, 0.29) is 4.90 Å². The average Bonchev–Trinajstić information content (AvgIpc) is 3.38. The van der Waals surface area contributed by atoms with Crippen LogP contribution in [-0.2, 0) is 14.6 Å². The van der Waals surface area contributed by atoms with Crippen molar-refractivity contribution in [3.8, 4) is 5.75 Å². The summed E-state index contributed by atoms with van der Waals surface area (Å²) in [5, 5.41) is 2.75. The number of carbonyl (C=O) groups excluding carboxylic acids is 1. The molecule has 5 nitrogen and oxygen atoms in total. The summed E-state index contributed by atoms with van der Waals surface area (Å²) in [5.41, 5.74) is 2.40. The van der Waals surface area contributed by atoms with Gasteiger partial charge < -0.3 is 10.1 Å². The SMILES string of the molecule is COc1ccc(C)cc1NC(=O)C1(S(=O)(=O)c2ccc(C)cc2)CC1. The van der Waals surface area contributed by atoms with E-state index in [1.54, 1.807) is 36.4 Å². The summed E-state index contributed by atoms with van der Waals surface area (Å²) in [6, 6.07) is 12.0. The molecule has 1 amide bonds. The Morgan fingerprint density at radius 2 is 1.64 bits per heavy atom. The van der Waals surface area contributed by atoms with Crippen molar-refractivity contribution in [1.29, 1.82) is 0 Å². The van der Waals surface area contributed by atoms with Crippen LogP contribution in [0.25, 0.3) is 0 Å². The summed E-state index contributed by atoms with van der Waals surface area (Å²) < 4.78 is 29.8. The summed E-state index contributed by atoms with van der Waals surface area (Å²) in [7, 11) is -2.24. The Hall–Kier alpha value is -2.34. The van der Waals surface area contributed by atoms with Gasteiger partial charge in [0.05, 0.1) is 17.7 Å². The van der Waals surface area contributed by atoms with Crippen molar-refractivity contribution in [2.75, 3.05) is 12.4 Å². The summed E-state index contributed by atoms with van der Waals surface area (Å²) in [4.78, 5) is 13.0. The Kier molecular flexibility index (Phi) is 4.33. The van der Waals surface area contributed by atoms with E-state index in [1.807, 2.05) is 19.9 Å². The molecule has 3 rings (SSSR count). The van der Waals surface area contributed by atoms with Crippen molar-refractivity contribution in [3.05, 3.63) is 53.6 Å². The first-order valence-corrected chi connectivity index (χ1v) is 9.56. The highest BCUT2D eigenvalue weighted by atomic mass is 32.2. The van der Waals surface area contributed by atoms with Crippen LogP contribution in [0.1, 0.15) is 24.0 Å². The number of rotatable bonds is 5. The van der Waals surface area contributed by atoms with Gasteiger partial charge in [0.25, 0.3) is 0 Å². The van der Waals surface area contributed by atoms with Crippen molar-refractivity contribution >= 4 is 21.4 Å². The molecule has 0 radical (unpaired) electrons. The lowest BCUT2D eigenvalue weighted by Crippen LogP contribution is -2.37. The van der Waals surface area contributed by atoms with Gasteiger partial charge >= 0.3 is 0 Å². The van der Waals surface area contributed by atoms with Gasteiger partial charge in [0, 0.05) is 0 Å². The second-order valence-electron chi connectivity index (χ2n) is 6.47. The molecule has 1 aliphatic rings. The van der Waals surface area contributed by atoms with E-state index in [0.29, 0.717) is 24.3 Å². The molecule has 0 bridgehead atoms. The summed E-state index contributed by atoms with van der Waals surface area (Å²) in [6.07, 6.45) is 0.645. The number of amides is 1. The zero-order valence-corrected chi connectivity index (χ0v) is 15.3. The molecule has 25 heavy (non-hydrogen) atoms. The van der Waals surface area contributed by atoms with Gasteiger partial charge in [-0.05, 0) is 56.5 Å². The average molecular weight is 359 g/mol. The van der Waals surface area contributed by atoms with Gasteiger partial charge in [0.1, 0.15) is 5.75 Å². The van der Waals surface area contributed by atoms with Gasteiger partial charge in [-0.2, -0.15) is 0 Å². The summed E-state index contributed by atoms with van der Waals surface area (Å²) >= 11 is 0. The molecule has 1 aliphatic carbocycles. The van der Waals surface area contributed by atoms with Gasteiger partial charge in [0.15, 0.2) is 14.6 Å². The van der Waals surface area contributed by atoms with Crippen LogP contribution in [0, 0.1) is 13.8 Å².